The fraction of sp³-hybridized carbons (Fsp3) is 0.125. The van der Waals surface area contributed by atoms with Crippen LogP contribution in [0.5, 0.6) is 0 Å². The Balaban J connectivity index is 1.79. The predicted molar refractivity (Wildman–Crippen MR) is 120 cm³/mol. The molecule has 150 valence electrons. The molecular formula is C24H21ClN4O. The van der Waals surface area contributed by atoms with Gasteiger partial charge in [0.05, 0.1) is 5.69 Å². The van der Waals surface area contributed by atoms with Crippen molar-refractivity contribution in [1.29, 1.82) is 0 Å². The van der Waals surface area contributed by atoms with Crippen LogP contribution < -0.4 is 5.32 Å². The number of anilines is 1. The minimum Gasteiger partial charge on any atom is -0.319 e. The van der Waals surface area contributed by atoms with Crippen LogP contribution in [0.25, 0.3) is 17.1 Å². The molecule has 30 heavy (non-hydrogen) atoms. The Bertz CT molecular complexity index is 1210. The first-order chi connectivity index (χ1) is 14.4. The van der Waals surface area contributed by atoms with Gasteiger partial charge in [-0.2, -0.15) is 0 Å². The summed E-state index contributed by atoms with van der Waals surface area (Å²) in [4.78, 5) is 17.4. The van der Waals surface area contributed by atoms with Gasteiger partial charge < -0.3 is 5.32 Å². The first kappa shape index (κ1) is 19.9. The highest BCUT2D eigenvalue weighted by atomic mass is 35.5. The van der Waals surface area contributed by atoms with Crippen molar-refractivity contribution < 1.29 is 4.79 Å². The summed E-state index contributed by atoms with van der Waals surface area (Å²) in [6.07, 6.45) is 0. The minimum atomic E-state index is -0.370. The third-order valence-corrected chi connectivity index (χ3v) is 5.06. The van der Waals surface area contributed by atoms with E-state index in [1.807, 2.05) is 87.5 Å². The fourth-order valence-corrected chi connectivity index (χ4v) is 3.27. The lowest BCUT2D eigenvalue weighted by Crippen LogP contribution is -2.14. The number of hydrogen-bond donors (Lipinski definition) is 1. The maximum Gasteiger partial charge on any atom is 0.295 e. The highest BCUT2D eigenvalue weighted by molar-refractivity contribution is 6.30. The number of rotatable bonds is 4. The van der Waals surface area contributed by atoms with E-state index in [1.165, 1.54) is 0 Å². The zero-order valence-corrected chi connectivity index (χ0v) is 17.7. The molecule has 0 radical (unpaired) electrons. The molecular weight excluding hydrogens is 396 g/mol. The molecule has 0 fully saturated rings. The van der Waals surface area contributed by atoms with Crippen molar-refractivity contribution in [2.24, 2.45) is 0 Å². The van der Waals surface area contributed by atoms with Gasteiger partial charge in [-0.25, -0.2) is 9.67 Å². The lowest BCUT2D eigenvalue weighted by Gasteiger charge is -2.09. The van der Waals surface area contributed by atoms with E-state index in [1.54, 1.807) is 4.68 Å². The zero-order valence-electron chi connectivity index (χ0n) is 17.0. The van der Waals surface area contributed by atoms with Gasteiger partial charge in [-0.3, -0.25) is 4.79 Å². The molecule has 0 aliphatic rings. The van der Waals surface area contributed by atoms with Gasteiger partial charge in [-0.1, -0.05) is 65.2 Å². The van der Waals surface area contributed by atoms with E-state index in [4.69, 9.17) is 11.6 Å². The van der Waals surface area contributed by atoms with E-state index in [0.29, 0.717) is 16.5 Å². The Morgan fingerprint density at radius 2 is 1.53 bits per heavy atom. The van der Waals surface area contributed by atoms with E-state index in [-0.39, 0.29) is 11.7 Å². The fourth-order valence-electron chi connectivity index (χ4n) is 3.10. The van der Waals surface area contributed by atoms with E-state index in [2.05, 4.69) is 15.4 Å². The summed E-state index contributed by atoms with van der Waals surface area (Å²) in [5, 5.41) is 7.98. The number of nitrogens with zero attached hydrogens (tertiary/aromatic N) is 3. The van der Waals surface area contributed by atoms with Crippen LogP contribution >= 0.6 is 11.6 Å². The summed E-state index contributed by atoms with van der Waals surface area (Å²) >= 11 is 6.23. The van der Waals surface area contributed by atoms with Crippen LogP contribution in [0.15, 0.2) is 66.7 Å². The Labute approximate surface area is 180 Å². The van der Waals surface area contributed by atoms with Gasteiger partial charge in [0.15, 0.2) is 5.82 Å². The Morgan fingerprint density at radius 3 is 2.20 bits per heavy atom. The molecule has 5 nitrogen and oxygen atoms in total. The average molecular weight is 417 g/mol. The molecule has 4 rings (SSSR count). The molecule has 1 N–H and O–H groups in total. The van der Waals surface area contributed by atoms with Crippen LogP contribution in [0.4, 0.5) is 5.69 Å². The standard InChI is InChI=1S/C24H21ClN4O/c1-15-4-9-18(10-5-15)23-27-22(24(30)26-20-12-6-16(2)7-13-20)28-29(23)21-14-19(25)11-8-17(21)3/h4-14H,1-3H3,(H,26,30). The average Bonchev–Trinajstić information content (AvgIpc) is 3.17. The van der Waals surface area contributed by atoms with Crippen LogP contribution in [0, 0.1) is 20.8 Å². The highest BCUT2D eigenvalue weighted by Crippen LogP contribution is 2.26. The van der Waals surface area contributed by atoms with Crippen molar-refractivity contribution >= 4 is 23.2 Å². The van der Waals surface area contributed by atoms with Gasteiger partial charge in [0.1, 0.15) is 0 Å². The minimum absolute atomic E-state index is 0.0884. The van der Waals surface area contributed by atoms with E-state index in [0.717, 1.165) is 27.9 Å². The van der Waals surface area contributed by atoms with Crippen molar-refractivity contribution in [2.75, 3.05) is 5.32 Å². The number of halogens is 1. The summed E-state index contributed by atoms with van der Waals surface area (Å²) in [7, 11) is 0. The van der Waals surface area contributed by atoms with E-state index >= 15 is 0 Å². The van der Waals surface area contributed by atoms with Gasteiger partial charge in [-0.15, -0.1) is 5.10 Å². The molecule has 0 aliphatic carbocycles. The van der Waals surface area contributed by atoms with Gasteiger partial charge in [0, 0.05) is 16.3 Å². The number of aromatic nitrogens is 3. The molecule has 3 aromatic carbocycles. The van der Waals surface area contributed by atoms with Crippen molar-refractivity contribution in [2.45, 2.75) is 20.8 Å². The van der Waals surface area contributed by atoms with Gasteiger partial charge in [-0.05, 0) is 50.6 Å². The van der Waals surface area contributed by atoms with Crippen molar-refractivity contribution in [3.63, 3.8) is 0 Å². The summed E-state index contributed by atoms with van der Waals surface area (Å²) < 4.78 is 1.68. The maximum atomic E-state index is 12.9. The summed E-state index contributed by atoms with van der Waals surface area (Å²) in [6, 6.07) is 21.1. The molecule has 0 unspecified atom stereocenters. The van der Waals surface area contributed by atoms with Crippen LogP contribution in [-0.2, 0) is 0 Å². The first-order valence-corrected chi connectivity index (χ1v) is 9.97. The first-order valence-electron chi connectivity index (χ1n) is 9.59. The Hall–Kier alpha value is -3.44. The van der Waals surface area contributed by atoms with Gasteiger partial charge in [0.2, 0.25) is 5.82 Å². The van der Waals surface area contributed by atoms with Crippen LogP contribution in [-0.4, -0.2) is 20.7 Å². The summed E-state index contributed by atoms with van der Waals surface area (Å²) in [6.45, 7) is 5.99. The quantitative estimate of drug-likeness (QED) is 0.459. The molecule has 6 heteroatoms. The number of carbonyl (C=O) groups excluding carboxylic acids is 1. The van der Waals surface area contributed by atoms with Gasteiger partial charge >= 0.3 is 0 Å². The Kier molecular flexibility index (Phi) is 5.38. The Morgan fingerprint density at radius 1 is 0.900 bits per heavy atom. The van der Waals surface area contributed by atoms with Crippen LogP contribution in [0.2, 0.25) is 5.02 Å². The molecule has 4 aromatic rings. The normalized spacial score (nSPS) is 10.8. The van der Waals surface area contributed by atoms with Gasteiger partial charge in [0.25, 0.3) is 5.91 Å². The second-order valence-electron chi connectivity index (χ2n) is 7.29. The molecule has 0 bridgehead atoms. The van der Waals surface area contributed by atoms with E-state index in [9.17, 15) is 4.79 Å². The maximum absolute atomic E-state index is 12.9. The highest BCUT2D eigenvalue weighted by Gasteiger charge is 2.20. The molecule has 1 heterocycles. The lowest BCUT2D eigenvalue weighted by molar-refractivity contribution is 0.101. The van der Waals surface area contributed by atoms with E-state index < -0.39 is 0 Å². The molecule has 0 atom stereocenters. The number of benzene rings is 3. The number of hydrogen-bond acceptors (Lipinski definition) is 3. The third kappa shape index (κ3) is 4.11. The molecule has 1 amide bonds. The molecule has 0 saturated carbocycles. The van der Waals surface area contributed by atoms with Crippen LogP contribution in [0.1, 0.15) is 27.3 Å². The second kappa shape index (κ2) is 8.13. The third-order valence-electron chi connectivity index (χ3n) is 4.83. The second-order valence-corrected chi connectivity index (χ2v) is 7.72. The smallest absolute Gasteiger partial charge is 0.295 e. The molecule has 0 spiro atoms. The molecule has 1 aromatic heterocycles. The van der Waals surface area contributed by atoms with Crippen molar-refractivity contribution in [1.82, 2.24) is 14.8 Å². The number of nitrogens with one attached hydrogen (secondary N) is 1. The number of aryl methyl sites for hydroxylation is 3. The number of amides is 1. The lowest BCUT2D eigenvalue weighted by atomic mass is 10.1. The van der Waals surface area contributed by atoms with Crippen LogP contribution in [0.3, 0.4) is 0 Å². The van der Waals surface area contributed by atoms with Crippen molar-refractivity contribution in [3.05, 3.63) is 94.3 Å². The summed E-state index contributed by atoms with van der Waals surface area (Å²) in [5.74, 6) is 0.297. The SMILES string of the molecule is Cc1ccc(NC(=O)c2nc(-c3ccc(C)cc3)n(-c3cc(Cl)ccc3C)n2)cc1. The predicted octanol–water partition coefficient (Wildman–Crippen LogP) is 5.77. The topological polar surface area (TPSA) is 59.8 Å². The molecule has 0 aliphatic heterocycles. The van der Waals surface area contributed by atoms with Crippen molar-refractivity contribution in [3.8, 4) is 17.1 Å². The number of carbonyl (C=O) groups is 1. The largest absolute Gasteiger partial charge is 0.319 e. The monoisotopic (exact) mass is 416 g/mol. The molecule has 0 saturated heterocycles. The zero-order chi connectivity index (χ0) is 21.3. The summed E-state index contributed by atoms with van der Waals surface area (Å²) in [5.41, 5.74) is 5.57.